The van der Waals surface area contributed by atoms with Gasteiger partial charge in [-0.2, -0.15) is 13.2 Å². The summed E-state index contributed by atoms with van der Waals surface area (Å²) in [5.74, 6) is -1.42. The number of amides is 2. The molecule has 3 N–H and O–H groups in total. The van der Waals surface area contributed by atoms with E-state index in [1.807, 2.05) is 0 Å². The van der Waals surface area contributed by atoms with Crippen LogP contribution in [0.25, 0.3) is 0 Å². The van der Waals surface area contributed by atoms with E-state index in [0.29, 0.717) is 0 Å². The SMILES string of the molecule is NC(=O)CNC(=O)c1ccc(C2=NOC(c3cc(Cl)cc(Cl)c3)(C(F)(F)F)C2)cc1Cl. The molecule has 0 bridgehead atoms. The summed E-state index contributed by atoms with van der Waals surface area (Å²) < 4.78 is 42.2. The summed E-state index contributed by atoms with van der Waals surface area (Å²) in [6, 6.07) is 7.46. The molecule has 0 aliphatic carbocycles. The summed E-state index contributed by atoms with van der Waals surface area (Å²) in [7, 11) is 0. The first-order chi connectivity index (χ1) is 14.4. The minimum absolute atomic E-state index is 0.00916. The monoisotopic (exact) mass is 493 g/mol. The maximum absolute atomic E-state index is 14.1. The van der Waals surface area contributed by atoms with Gasteiger partial charge >= 0.3 is 6.18 Å². The van der Waals surface area contributed by atoms with E-state index in [-0.39, 0.29) is 37.5 Å². The van der Waals surface area contributed by atoms with Crippen LogP contribution >= 0.6 is 34.8 Å². The minimum atomic E-state index is -4.84. The third kappa shape index (κ3) is 4.73. The van der Waals surface area contributed by atoms with Gasteiger partial charge in [0, 0.05) is 27.6 Å². The topological polar surface area (TPSA) is 93.8 Å². The molecule has 3 rings (SSSR count). The second kappa shape index (κ2) is 8.57. The van der Waals surface area contributed by atoms with Crippen LogP contribution in [-0.2, 0) is 15.2 Å². The maximum atomic E-state index is 14.1. The molecular weight excluding hydrogens is 482 g/mol. The fraction of sp³-hybridized carbons (Fsp3) is 0.211. The lowest BCUT2D eigenvalue weighted by molar-refractivity contribution is -0.275. The van der Waals surface area contributed by atoms with Crippen LogP contribution in [0.2, 0.25) is 15.1 Å². The number of nitrogens with one attached hydrogen (secondary N) is 1. The van der Waals surface area contributed by atoms with Crippen LogP contribution in [0.3, 0.4) is 0 Å². The Morgan fingerprint density at radius 3 is 2.32 bits per heavy atom. The van der Waals surface area contributed by atoms with Gasteiger partial charge < -0.3 is 15.9 Å². The Morgan fingerprint density at radius 2 is 1.77 bits per heavy atom. The standard InChI is InChI=1S/C19H13Cl3F3N3O3/c20-11-4-10(5-12(21)6-11)18(19(23,24)25)7-15(28-31-18)9-1-2-13(14(22)3-9)17(30)27-8-16(26)29/h1-6H,7-8H2,(H2,26,29)(H,27,30). The minimum Gasteiger partial charge on any atom is -0.374 e. The van der Waals surface area contributed by atoms with Crippen molar-refractivity contribution in [2.45, 2.75) is 18.2 Å². The molecule has 0 radical (unpaired) electrons. The molecular formula is C19H13Cl3F3N3O3. The van der Waals surface area contributed by atoms with Crippen molar-refractivity contribution in [1.29, 1.82) is 0 Å². The molecule has 12 heteroatoms. The van der Waals surface area contributed by atoms with Gasteiger partial charge in [0.25, 0.3) is 11.5 Å². The fourth-order valence-corrected chi connectivity index (χ4v) is 3.78. The highest BCUT2D eigenvalue weighted by Gasteiger charge is 2.62. The number of primary amides is 1. The van der Waals surface area contributed by atoms with Crippen LogP contribution in [-0.4, -0.2) is 30.2 Å². The van der Waals surface area contributed by atoms with Crippen molar-refractivity contribution >= 4 is 52.3 Å². The molecule has 1 aliphatic heterocycles. The Kier molecular flexibility index (Phi) is 6.40. The Labute approximate surface area is 189 Å². The van der Waals surface area contributed by atoms with Crippen LogP contribution in [0, 0.1) is 0 Å². The van der Waals surface area contributed by atoms with Gasteiger partial charge in [0.1, 0.15) is 0 Å². The van der Waals surface area contributed by atoms with Crippen LogP contribution in [0.1, 0.15) is 27.9 Å². The summed E-state index contributed by atoms with van der Waals surface area (Å²) in [6.45, 7) is -0.395. The highest BCUT2D eigenvalue weighted by molar-refractivity contribution is 6.35. The first kappa shape index (κ1) is 23.2. The highest BCUT2D eigenvalue weighted by atomic mass is 35.5. The zero-order valence-electron chi connectivity index (χ0n) is 15.4. The molecule has 31 heavy (non-hydrogen) atoms. The zero-order chi connectivity index (χ0) is 23.0. The summed E-state index contributed by atoms with van der Waals surface area (Å²) in [5.41, 5.74) is 2.06. The van der Waals surface area contributed by atoms with Gasteiger partial charge in [-0.05, 0) is 30.3 Å². The number of nitrogens with zero attached hydrogens (tertiary/aromatic N) is 1. The Hall–Kier alpha value is -2.49. The predicted octanol–water partition coefficient (Wildman–Crippen LogP) is 4.44. The van der Waals surface area contributed by atoms with E-state index in [0.717, 1.165) is 12.1 Å². The second-order valence-electron chi connectivity index (χ2n) is 6.63. The lowest BCUT2D eigenvalue weighted by Gasteiger charge is -2.29. The van der Waals surface area contributed by atoms with E-state index in [2.05, 4.69) is 10.5 Å². The molecule has 1 aliphatic rings. The second-order valence-corrected chi connectivity index (χ2v) is 7.91. The molecule has 0 saturated heterocycles. The number of alkyl halides is 3. The molecule has 1 heterocycles. The normalized spacial score (nSPS) is 18.3. The molecule has 6 nitrogen and oxygen atoms in total. The molecule has 2 amide bonds. The number of rotatable bonds is 5. The van der Waals surface area contributed by atoms with E-state index in [1.54, 1.807) is 0 Å². The molecule has 0 aromatic heterocycles. The number of hydrogen-bond donors (Lipinski definition) is 2. The first-order valence-electron chi connectivity index (χ1n) is 8.58. The van der Waals surface area contributed by atoms with Crippen molar-refractivity contribution < 1.29 is 27.6 Å². The van der Waals surface area contributed by atoms with Crippen LogP contribution in [0.15, 0.2) is 41.6 Å². The molecule has 1 atom stereocenters. The highest BCUT2D eigenvalue weighted by Crippen LogP contribution is 2.49. The van der Waals surface area contributed by atoms with Gasteiger partial charge in [0.05, 0.1) is 22.8 Å². The Morgan fingerprint density at radius 1 is 1.13 bits per heavy atom. The summed E-state index contributed by atoms with van der Waals surface area (Å²) in [5, 5.41) is 5.86. The van der Waals surface area contributed by atoms with E-state index in [9.17, 15) is 22.8 Å². The summed E-state index contributed by atoms with van der Waals surface area (Å²) >= 11 is 17.9. The van der Waals surface area contributed by atoms with Gasteiger partial charge in [-0.3, -0.25) is 9.59 Å². The van der Waals surface area contributed by atoms with E-state index >= 15 is 0 Å². The number of carbonyl (C=O) groups is 2. The van der Waals surface area contributed by atoms with Gasteiger partial charge in [0.2, 0.25) is 5.91 Å². The number of halogens is 6. The quantitative estimate of drug-likeness (QED) is 0.643. The van der Waals surface area contributed by atoms with Gasteiger partial charge in [-0.15, -0.1) is 0 Å². The van der Waals surface area contributed by atoms with Crippen LogP contribution < -0.4 is 11.1 Å². The van der Waals surface area contributed by atoms with Crippen LogP contribution in [0.4, 0.5) is 13.2 Å². The fourth-order valence-electron chi connectivity index (χ4n) is 2.99. The molecule has 0 saturated carbocycles. The number of nitrogens with two attached hydrogens (primary N) is 1. The van der Waals surface area contributed by atoms with Crippen molar-refractivity contribution in [1.82, 2.24) is 5.32 Å². The molecule has 0 fully saturated rings. The summed E-state index contributed by atoms with van der Waals surface area (Å²) in [4.78, 5) is 27.8. The molecule has 0 spiro atoms. The number of hydrogen-bond acceptors (Lipinski definition) is 4. The Bertz CT molecular complexity index is 1070. The van der Waals surface area contributed by atoms with E-state index < -0.39 is 36.6 Å². The van der Waals surface area contributed by atoms with Gasteiger partial charge in [-0.25, -0.2) is 0 Å². The number of carbonyl (C=O) groups excluding carboxylic acids is 2. The molecule has 164 valence electrons. The number of oxime groups is 1. The van der Waals surface area contributed by atoms with Crippen LogP contribution in [0.5, 0.6) is 0 Å². The van der Waals surface area contributed by atoms with Crippen molar-refractivity contribution in [3.63, 3.8) is 0 Å². The Balaban J connectivity index is 1.91. The van der Waals surface area contributed by atoms with Gasteiger partial charge in [0.15, 0.2) is 0 Å². The summed E-state index contributed by atoms with van der Waals surface area (Å²) in [6.07, 6.45) is -5.51. The number of benzene rings is 2. The third-order valence-corrected chi connectivity index (χ3v) is 5.23. The molecule has 2 aromatic rings. The van der Waals surface area contributed by atoms with Crippen molar-refractivity contribution in [2.24, 2.45) is 10.9 Å². The van der Waals surface area contributed by atoms with Gasteiger partial charge in [-0.1, -0.05) is 46.0 Å². The van der Waals surface area contributed by atoms with Crippen molar-refractivity contribution in [3.05, 3.63) is 68.2 Å². The van der Waals surface area contributed by atoms with Crippen molar-refractivity contribution in [3.8, 4) is 0 Å². The average molecular weight is 495 g/mol. The average Bonchev–Trinajstić information content (AvgIpc) is 3.12. The zero-order valence-corrected chi connectivity index (χ0v) is 17.7. The molecule has 1 unspecified atom stereocenters. The third-order valence-electron chi connectivity index (χ3n) is 4.48. The smallest absolute Gasteiger partial charge is 0.374 e. The largest absolute Gasteiger partial charge is 0.435 e. The van der Waals surface area contributed by atoms with Crippen molar-refractivity contribution in [2.75, 3.05) is 6.54 Å². The lowest BCUT2D eigenvalue weighted by Crippen LogP contribution is -2.42. The first-order valence-corrected chi connectivity index (χ1v) is 9.71. The molecule has 2 aromatic carbocycles. The predicted molar refractivity (Wildman–Crippen MR) is 109 cm³/mol. The van der Waals surface area contributed by atoms with E-state index in [4.69, 9.17) is 45.4 Å². The van der Waals surface area contributed by atoms with E-state index in [1.165, 1.54) is 24.3 Å². The maximum Gasteiger partial charge on any atom is 0.435 e. The lowest BCUT2D eigenvalue weighted by atomic mass is 9.86.